The molecule has 1 aliphatic rings. The molecule has 0 radical (unpaired) electrons. The fourth-order valence-corrected chi connectivity index (χ4v) is 4.48. The molecule has 1 nitrogen and oxygen atoms in total. The molecule has 2 heteroatoms. The van der Waals surface area contributed by atoms with Gasteiger partial charge in [0.1, 0.15) is 0 Å². The number of aryl methyl sites for hydroxylation is 2. The molecule has 1 fully saturated rings. The summed E-state index contributed by atoms with van der Waals surface area (Å²) in [6.07, 6.45) is 4.05. The van der Waals surface area contributed by atoms with Crippen LogP contribution in [0.2, 0.25) is 0 Å². The SMILES string of the molecule is CCNC1CCC(C)CC1Sc1ccc(C)c(C)c1. The van der Waals surface area contributed by atoms with Crippen molar-refractivity contribution in [1.29, 1.82) is 0 Å². The lowest BCUT2D eigenvalue weighted by Crippen LogP contribution is -2.42. The van der Waals surface area contributed by atoms with Crippen LogP contribution in [0.4, 0.5) is 0 Å². The highest BCUT2D eigenvalue weighted by atomic mass is 32.2. The Bertz CT molecular complexity index is 416. The number of hydrogen-bond acceptors (Lipinski definition) is 2. The first-order chi connectivity index (χ1) is 9.10. The molecule has 0 saturated heterocycles. The van der Waals surface area contributed by atoms with E-state index in [0.29, 0.717) is 6.04 Å². The maximum atomic E-state index is 3.68. The van der Waals surface area contributed by atoms with E-state index in [-0.39, 0.29) is 0 Å². The van der Waals surface area contributed by atoms with Gasteiger partial charge in [-0.15, -0.1) is 11.8 Å². The van der Waals surface area contributed by atoms with Crippen LogP contribution in [-0.2, 0) is 0 Å². The number of hydrogen-bond donors (Lipinski definition) is 1. The van der Waals surface area contributed by atoms with Gasteiger partial charge in [-0.1, -0.05) is 19.9 Å². The lowest BCUT2D eigenvalue weighted by atomic mass is 9.87. The third-order valence-corrected chi connectivity index (χ3v) is 5.64. The molecule has 1 N–H and O–H groups in total. The van der Waals surface area contributed by atoms with Gasteiger partial charge >= 0.3 is 0 Å². The lowest BCUT2D eigenvalue weighted by molar-refractivity contribution is 0.321. The van der Waals surface area contributed by atoms with E-state index in [1.807, 2.05) is 0 Å². The van der Waals surface area contributed by atoms with Crippen molar-refractivity contribution in [3.05, 3.63) is 29.3 Å². The molecule has 0 amide bonds. The molecule has 1 aromatic carbocycles. The van der Waals surface area contributed by atoms with Gasteiger partial charge in [-0.3, -0.25) is 0 Å². The van der Waals surface area contributed by atoms with Crippen molar-refractivity contribution in [2.45, 2.75) is 63.1 Å². The van der Waals surface area contributed by atoms with E-state index in [1.165, 1.54) is 35.3 Å². The summed E-state index contributed by atoms with van der Waals surface area (Å²) in [5, 5.41) is 4.41. The predicted octanol–water partition coefficient (Wildman–Crippen LogP) is 4.56. The highest BCUT2D eigenvalue weighted by molar-refractivity contribution is 8.00. The van der Waals surface area contributed by atoms with Crippen LogP contribution in [0.1, 0.15) is 44.2 Å². The normalized spacial score (nSPS) is 27.5. The molecule has 0 aliphatic heterocycles. The first-order valence-electron chi connectivity index (χ1n) is 7.57. The first kappa shape index (κ1) is 14.9. The number of thioether (sulfide) groups is 1. The van der Waals surface area contributed by atoms with Crippen LogP contribution in [0.25, 0.3) is 0 Å². The monoisotopic (exact) mass is 277 g/mol. The first-order valence-corrected chi connectivity index (χ1v) is 8.45. The molecule has 106 valence electrons. The smallest absolute Gasteiger partial charge is 0.0250 e. The molecule has 1 saturated carbocycles. The minimum absolute atomic E-state index is 0.688. The van der Waals surface area contributed by atoms with Crippen LogP contribution >= 0.6 is 11.8 Å². The van der Waals surface area contributed by atoms with Crippen LogP contribution in [0.15, 0.2) is 23.1 Å². The maximum absolute atomic E-state index is 3.68. The number of rotatable bonds is 4. The van der Waals surface area contributed by atoms with E-state index >= 15 is 0 Å². The van der Waals surface area contributed by atoms with Crippen molar-refractivity contribution in [1.82, 2.24) is 5.32 Å². The van der Waals surface area contributed by atoms with Crippen molar-refractivity contribution in [3.8, 4) is 0 Å². The zero-order valence-corrected chi connectivity index (χ0v) is 13.5. The van der Waals surface area contributed by atoms with Gasteiger partial charge in [-0.2, -0.15) is 0 Å². The van der Waals surface area contributed by atoms with Crippen molar-refractivity contribution in [2.75, 3.05) is 6.54 Å². The van der Waals surface area contributed by atoms with Crippen LogP contribution in [-0.4, -0.2) is 17.8 Å². The molecule has 0 bridgehead atoms. The Labute approximate surface area is 122 Å². The highest BCUT2D eigenvalue weighted by Crippen LogP contribution is 2.36. The fraction of sp³-hybridized carbons (Fsp3) is 0.647. The Morgan fingerprint density at radius 3 is 2.68 bits per heavy atom. The van der Waals surface area contributed by atoms with Crippen molar-refractivity contribution in [2.24, 2.45) is 5.92 Å². The summed E-state index contributed by atoms with van der Waals surface area (Å²) in [5.41, 5.74) is 2.80. The Morgan fingerprint density at radius 1 is 1.21 bits per heavy atom. The molecule has 1 aliphatic carbocycles. The van der Waals surface area contributed by atoms with Gasteiger partial charge in [0, 0.05) is 16.2 Å². The predicted molar refractivity (Wildman–Crippen MR) is 86.0 cm³/mol. The quantitative estimate of drug-likeness (QED) is 0.865. The van der Waals surface area contributed by atoms with Crippen LogP contribution in [0.5, 0.6) is 0 Å². The second-order valence-electron chi connectivity index (χ2n) is 5.98. The number of nitrogens with one attached hydrogen (secondary N) is 1. The summed E-state index contributed by atoms with van der Waals surface area (Å²) in [4.78, 5) is 1.44. The molecule has 0 aromatic heterocycles. The van der Waals surface area contributed by atoms with Crippen LogP contribution < -0.4 is 5.32 Å². The van der Waals surface area contributed by atoms with E-state index in [0.717, 1.165) is 17.7 Å². The molecule has 3 unspecified atom stereocenters. The van der Waals surface area contributed by atoms with Crippen LogP contribution in [0.3, 0.4) is 0 Å². The summed E-state index contributed by atoms with van der Waals surface area (Å²) in [6, 6.07) is 7.58. The molecular formula is C17H27NS. The number of benzene rings is 1. The summed E-state index contributed by atoms with van der Waals surface area (Å²) in [5.74, 6) is 0.874. The average Bonchev–Trinajstić information content (AvgIpc) is 2.37. The molecule has 0 spiro atoms. The van der Waals surface area contributed by atoms with Gasteiger partial charge in [0.25, 0.3) is 0 Å². The van der Waals surface area contributed by atoms with E-state index in [9.17, 15) is 0 Å². The minimum Gasteiger partial charge on any atom is -0.313 e. The van der Waals surface area contributed by atoms with E-state index in [2.05, 4.69) is 63.0 Å². The van der Waals surface area contributed by atoms with Crippen molar-refractivity contribution < 1.29 is 0 Å². The molecule has 0 heterocycles. The Balaban J connectivity index is 2.07. The topological polar surface area (TPSA) is 12.0 Å². The van der Waals surface area contributed by atoms with Crippen LogP contribution in [0, 0.1) is 19.8 Å². The summed E-state index contributed by atoms with van der Waals surface area (Å²) < 4.78 is 0. The summed E-state index contributed by atoms with van der Waals surface area (Å²) >= 11 is 2.08. The highest BCUT2D eigenvalue weighted by Gasteiger charge is 2.28. The molecule has 2 rings (SSSR count). The Kier molecular flexibility index (Phi) is 5.35. The average molecular weight is 277 g/mol. The second-order valence-corrected chi connectivity index (χ2v) is 7.30. The second kappa shape index (κ2) is 6.81. The summed E-state index contributed by atoms with van der Waals surface area (Å²) in [7, 11) is 0. The standard InChI is InChI=1S/C17H27NS/c1-5-18-16-9-6-12(2)10-17(16)19-15-8-7-13(3)14(4)11-15/h7-8,11-12,16-18H,5-6,9-10H2,1-4H3. The van der Waals surface area contributed by atoms with Gasteiger partial charge in [-0.25, -0.2) is 0 Å². The van der Waals surface area contributed by atoms with Gasteiger partial charge < -0.3 is 5.32 Å². The third-order valence-electron chi connectivity index (χ3n) is 4.29. The van der Waals surface area contributed by atoms with Gasteiger partial charge in [0.15, 0.2) is 0 Å². The largest absolute Gasteiger partial charge is 0.313 e. The van der Waals surface area contributed by atoms with E-state index < -0.39 is 0 Å². The fourth-order valence-electron chi connectivity index (χ4n) is 2.92. The van der Waals surface area contributed by atoms with E-state index in [1.54, 1.807) is 0 Å². The summed E-state index contributed by atoms with van der Waals surface area (Å²) in [6.45, 7) is 10.1. The van der Waals surface area contributed by atoms with Crippen molar-refractivity contribution in [3.63, 3.8) is 0 Å². The van der Waals surface area contributed by atoms with Crippen molar-refractivity contribution >= 4 is 11.8 Å². The molecular weight excluding hydrogens is 250 g/mol. The van der Waals surface area contributed by atoms with Gasteiger partial charge in [0.05, 0.1) is 0 Å². The van der Waals surface area contributed by atoms with Gasteiger partial charge in [-0.05, 0) is 68.8 Å². The third kappa shape index (κ3) is 4.00. The molecule has 3 atom stereocenters. The maximum Gasteiger partial charge on any atom is 0.0250 e. The minimum atomic E-state index is 0.688. The zero-order chi connectivity index (χ0) is 13.8. The lowest BCUT2D eigenvalue weighted by Gasteiger charge is -2.35. The molecule has 19 heavy (non-hydrogen) atoms. The Hall–Kier alpha value is -0.470. The van der Waals surface area contributed by atoms with Gasteiger partial charge in [0.2, 0.25) is 0 Å². The molecule has 1 aromatic rings. The Morgan fingerprint density at radius 2 is 2.00 bits per heavy atom. The zero-order valence-electron chi connectivity index (χ0n) is 12.7. The van der Waals surface area contributed by atoms with E-state index in [4.69, 9.17) is 0 Å².